The van der Waals surface area contributed by atoms with Crippen molar-refractivity contribution in [2.75, 3.05) is 27.2 Å². The van der Waals surface area contributed by atoms with E-state index in [1.54, 1.807) is 0 Å². The Hall–Kier alpha value is -1.43. The first kappa shape index (κ1) is 16.4. The summed E-state index contributed by atoms with van der Waals surface area (Å²) in [7, 11) is 4.08. The van der Waals surface area contributed by atoms with Crippen LogP contribution < -0.4 is 0 Å². The lowest BCUT2D eigenvalue weighted by Gasteiger charge is -2.21. The van der Waals surface area contributed by atoms with Crippen LogP contribution in [0.25, 0.3) is 0 Å². The van der Waals surface area contributed by atoms with Gasteiger partial charge in [0.15, 0.2) is 6.54 Å². The van der Waals surface area contributed by atoms with Crippen LogP contribution >= 0.6 is 23.4 Å². The number of hydrogen-bond acceptors (Lipinski definition) is 4. The molecule has 1 aromatic carbocycles. The first-order chi connectivity index (χ1) is 11.0. The second-order valence-corrected chi connectivity index (χ2v) is 7.46. The maximum atomic E-state index is 11.9. The number of Topliss-reactive ketones (excluding diaryl/α,β-unsaturated/α-hetero) is 1. The molecule has 1 aliphatic heterocycles. The van der Waals surface area contributed by atoms with Crippen LogP contribution in [0.3, 0.4) is 0 Å². The van der Waals surface area contributed by atoms with Gasteiger partial charge in [-0.25, -0.2) is 0 Å². The van der Waals surface area contributed by atoms with Crippen LogP contribution in [0.1, 0.15) is 12.8 Å². The number of thioether (sulfide) groups is 1. The molecule has 1 aromatic rings. The normalized spacial score (nSPS) is 17.3. The van der Waals surface area contributed by atoms with Gasteiger partial charge in [0.2, 0.25) is 23.0 Å². The van der Waals surface area contributed by atoms with Crippen molar-refractivity contribution in [1.82, 2.24) is 4.90 Å². The lowest BCUT2D eigenvalue weighted by Crippen LogP contribution is -2.32. The number of halogens is 1. The third kappa shape index (κ3) is 3.42. The van der Waals surface area contributed by atoms with Crippen molar-refractivity contribution in [2.24, 2.45) is 0 Å². The van der Waals surface area contributed by atoms with E-state index in [1.807, 2.05) is 32.3 Å². The van der Waals surface area contributed by atoms with Gasteiger partial charge in [0.25, 0.3) is 0 Å². The van der Waals surface area contributed by atoms with E-state index in [0.29, 0.717) is 5.02 Å². The fourth-order valence-electron chi connectivity index (χ4n) is 2.78. The maximum Gasteiger partial charge on any atom is 0.223 e. The van der Waals surface area contributed by atoms with E-state index in [-0.39, 0.29) is 12.2 Å². The maximum absolute atomic E-state index is 11.9. The lowest BCUT2D eigenvalue weighted by molar-refractivity contribution is -0.444. The zero-order chi connectivity index (χ0) is 16.6. The van der Waals surface area contributed by atoms with Gasteiger partial charge >= 0.3 is 0 Å². The molecule has 2 aliphatic rings. The number of carbonyl (C=O) groups is 2. The number of rotatable bonds is 4. The first-order valence-electron chi connectivity index (χ1n) is 7.50. The number of hydrogen-bond donors (Lipinski definition) is 0. The number of allylic oxidation sites excluding steroid dienone is 2. The summed E-state index contributed by atoms with van der Waals surface area (Å²) in [6.45, 7) is 1.75. The number of fused-ring (bicyclic) bond motifs is 2. The minimum absolute atomic E-state index is 0.172. The van der Waals surface area contributed by atoms with Gasteiger partial charge in [-0.15, -0.1) is 0 Å². The second-order valence-electron chi connectivity index (χ2n) is 5.94. The minimum atomic E-state index is -0.401. The Morgan fingerprint density at radius 1 is 1.30 bits per heavy atom. The van der Waals surface area contributed by atoms with Crippen molar-refractivity contribution < 1.29 is 14.2 Å². The van der Waals surface area contributed by atoms with E-state index >= 15 is 0 Å². The van der Waals surface area contributed by atoms with E-state index in [0.717, 1.165) is 40.7 Å². The fraction of sp³-hybridized carbons (Fsp3) is 0.353. The highest BCUT2D eigenvalue weighted by molar-refractivity contribution is 8.04. The average molecular weight is 350 g/mol. The largest absolute Gasteiger partial charge is 0.309 e. The molecule has 0 aromatic heterocycles. The minimum Gasteiger partial charge on any atom is -0.309 e. The van der Waals surface area contributed by atoms with E-state index in [4.69, 9.17) is 11.6 Å². The van der Waals surface area contributed by atoms with Gasteiger partial charge in [0.05, 0.1) is 9.80 Å². The predicted octanol–water partition coefficient (Wildman–Crippen LogP) is 2.91. The third-order valence-corrected chi connectivity index (χ3v) is 5.27. The Balaban J connectivity index is 2.05. The van der Waals surface area contributed by atoms with Crippen LogP contribution in [0.4, 0.5) is 5.69 Å². The molecule has 0 spiro atoms. The molecule has 0 saturated heterocycles. The number of nitrogens with zero attached hydrogens (tertiary/aromatic N) is 2. The Labute approximate surface area is 144 Å². The Morgan fingerprint density at radius 3 is 2.83 bits per heavy atom. The van der Waals surface area contributed by atoms with Gasteiger partial charge in [-0.3, -0.25) is 9.59 Å². The van der Waals surface area contributed by atoms with Gasteiger partial charge in [0, 0.05) is 30.1 Å². The van der Waals surface area contributed by atoms with E-state index in [1.165, 1.54) is 17.8 Å². The SMILES string of the molecule is CN(C)CCC[N+]1=C2CC(=O)C(=O)C=C2Sc2ccc(Cl)cc21. The van der Waals surface area contributed by atoms with E-state index in [9.17, 15) is 9.59 Å². The molecule has 0 radical (unpaired) electrons. The molecule has 1 aliphatic carbocycles. The van der Waals surface area contributed by atoms with Crippen LogP contribution in [0, 0.1) is 0 Å². The summed E-state index contributed by atoms with van der Waals surface area (Å²) in [5.41, 5.74) is 1.95. The monoisotopic (exact) mass is 349 g/mol. The van der Waals surface area contributed by atoms with Gasteiger partial charge in [-0.05, 0) is 26.2 Å². The smallest absolute Gasteiger partial charge is 0.223 e. The van der Waals surface area contributed by atoms with Crippen LogP contribution in [0.2, 0.25) is 5.02 Å². The van der Waals surface area contributed by atoms with E-state index in [2.05, 4.69) is 9.48 Å². The molecular formula is C17H18ClN2O2S+. The highest BCUT2D eigenvalue weighted by Gasteiger charge is 2.37. The topological polar surface area (TPSA) is 40.4 Å². The second kappa shape index (κ2) is 6.59. The van der Waals surface area contributed by atoms with Crippen molar-refractivity contribution in [3.8, 4) is 0 Å². The number of carbonyl (C=O) groups excluding carboxylic acids is 2. The molecule has 3 rings (SSSR count). The fourth-order valence-corrected chi connectivity index (χ4v) is 4.06. The third-order valence-electron chi connectivity index (χ3n) is 3.89. The van der Waals surface area contributed by atoms with Gasteiger partial charge < -0.3 is 4.90 Å². The van der Waals surface area contributed by atoms with Crippen molar-refractivity contribution in [3.05, 3.63) is 34.2 Å². The highest BCUT2D eigenvalue weighted by atomic mass is 35.5. The number of benzene rings is 1. The van der Waals surface area contributed by atoms with Gasteiger partial charge in [0.1, 0.15) is 6.42 Å². The van der Waals surface area contributed by atoms with Crippen molar-refractivity contribution in [2.45, 2.75) is 17.7 Å². The summed E-state index contributed by atoms with van der Waals surface area (Å²) in [6, 6.07) is 5.76. The summed E-state index contributed by atoms with van der Waals surface area (Å²) in [5.74, 6) is -0.741. The molecule has 4 nitrogen and oxygen atoms in total. The van der Waals surface area contributed by atoms with Crippen molar-refractivity contribution in [1.29, 1.82) is 0 Å². The van der Waals surface area contributed by atoms with Crippen LogP contribution in [0.15, 0.2) is 34.1 Å². The zero-order valence-electron chi connectivity index (χ0n) is 13.1. The van der Waals surface area contributed by atoms with Crippen molar-refractivity contribution >= 4 is 46.3 Å². The van der Waals surface area contributed by atoms with Crippen molar-refractivity contribution in [3.63, 3.8) is 0 Å². The highest BCUT2D eigenvalue weighted by Crippen LogP contribution is 2.42. The molecule has 0 N–H and O–H groups in total. The average Bonchev–Trinajstić information content (AvgIpc) is 2.49. The quantitative estimate of drug-likeness (QED) is 0.619. The lowest BCUT2D eigenvalue weighted by atomic mass is 10.0. The molecular weight excluding hydrogens is 332 g/mol. The van der Waals surface area contributed by atoms with Crippen LogP contribution in [-0.2, 0) is 9.59 Å². The summed E-state index contributed by atoms with van der Waals surface area (Å²) in [5, 5.41) is 0.674. The first-order valence-corrected chi connectivity index (χ1v) is 8.70. The van der Waals surface area contributed by atoms with Crippen LogP contribution in [-0.4, -0.2) is 53.9 Å². The molecule has 0 fully saturated rings. The Bertz CT molecular complexity index is 753. The summed E-state index contributed by atoms with van der Waals surface area (Å²) in [6.07, 6.45) is 2.61. The van der Waals surface area contributed by atoms with Gasteiger partial charge in [-0.1, -0.05) is 23.4 Å². The Morgan fingerprint density at radius 2 is 2.09 bits per heavy atom. The summed E-state index contributed by atoms with van der Waals surface area (Å²) >= 11 is 7.70. The molecule has 0 atom stereocenters. The molecule has 1 heterocycles. The molecule has 0 unspecified atom stereocenters. The van der Waals surface area contributed by atoms with Gasteiger partial charge in [-0.2, -0.15) is 4.58 Å². The predicted molar refractivity (Wildman–Crippen MR) is 93.0 cm³/mol. The standard InChI is InChI=1S/C17H18ClN2O2S/c1-19(2)6-3-7-20-12-8-11(18)4-5-16(12)23-17-10-15(22)14(21)9-13(17)20/h4-5,8,10H,3,6-7,9H2,1-2H3/q+1. The molecule has 0 amide bonds. The van der Waals surface area contributed by atoms with E-state index < -0.39 is 5.78 Å². The summed E-state index contributed by atoms with van der Waals surface area (Å²) < 4.78 is 2.15. The molecule has 23 heavy (non-hydrogen) atoms. The van der Waals surface area contributed by atoms with Crippen LogP contribution in [0.5, 0.6) is 0 Å². The molecule has 120 valence electrons. The molecule has 0 bridgehead atoms. The zero-order valence-corrected chi connectivity index (χ0v) is 14.7. The molecule has 0 saturated carbocycles. The Kier molecular flexibility index (Phi) is 4.71. The number of ketones is 2. The molecule has 6 heteroatoms. The summed E-state index contributed by atoms with van der Waals surface area (Å²) in [4.78, 5) is 27.7.